The molecule has 83 heavy (non-hydrogen) atoms. The molecule has 6 heteroatoms. The van der Waals surface area contributed by atoms with Crippen LogP contribution >= 0.6 is 0 Å². The highest BCUT2D eigenvalue weighted by Gasteiger charge is 2.20. The topological polar surface area (TPSA) is 78.9 Å². The van der Waals surface area contributed by atoms with E-state index >= 15 is 0 Å². The van der Waals surface area contributed by atoms with E-state index in [4.69, 9.17) is 14.2 Å². The van der Waals surface area contributed by atoms with Crippen LogP contribution in [0.25, 0.3) is 0 Å². The van der Waals surface area contributed by atoms with Crippen LogP contribution < -0.4 is 0 Å². The number of hydrogen-bond acceptors (Lipinski definition) is 6. The van der Waals surface area contributed by atoms with Crippen LogP contribution in [0, 0.1) is 0 Å². The van der Waals surface area contributed by atoms with Gasteiger partial charge in [-0.3, -0.25) is 14.4 Å². The Balaban J connectivity index is 4.11. The van der Waals surface area contributed by atoms with Crippen molar-refractivity contribution in [2.45, 2.75) is 425 Å². The van der Waals surface area contributed by atoms with Crippen LogP contribution in [-0.4, -0.2) is 37.2 Å². The molecule has 0 heterocycles. The number of ether oxygens (including phenoxy) is 3. The summed E-state index contributed by atoms with van der Waals surface area (Å²) < 4.78 is 17.0. The van der Waals surface area contributed by atoms with Crippen molar-refractivity contribution in [3.8, 4) is 0 Å². The maximum absolute atomic E-state index is 12.9. The van der Waals surface area contributed by atoms with E-state index in [1.807, 2.05) is 0 Å². The van der Waals surface area contributed by atoms with E-state index in [0.29, 0.717) is 19.3 Å². The Hall–Kier alpha value is -2.37. The molecule has 0 saturated heterocycles. The van der Waals surface area contributed by atoms with E-state index in [0.717, 1.165) is 70.6 Å². The Morgan fingerprint density at radius 1 is 0.241 bits per heavy atom. The quantitative estimate of drug-likeness (QED) is 0.0261. The van der Waals surface area contributed by atoms with Gasteiger partial charge in [-0.2, -0.15) is 0 Å². The molecule has 0 rings (SSSR count). The molecular formula is C77H144O6. The van der Waals surface area contributed by atoms with Gasteiger partial charge in [-0.1, -0.05) is 359 Å². The fraction of sp³-hybridized carbons (Fsp3) is 0.883. The summed E-state index contributed by atoms with van der Waals surface area (Å²) in [7, 11) is 0. The molecule has 6 nitrogen and oxygen atoms in total. The molecule has 0 saturated carbocycles. The van der Waals surface area contributed by atoms with Crippen molar-refractivity contribution in [1.29, 1.82) is 0 Å². The number of carbonyl (C=O) groups excluding carboxylic acids is 3. The smallest absolute Gasteiger partial charge is 0.306 e. The maximum atomic E-state index is 12.9. The molecule has 0 amide bonds. The second-order valence-electron chi connectivity index (χ2n) is 25.6. The fourth-order valence-electron chi connectivity index (χ4n) is 11.5. The molecule has 0 aromatic rings. The molecule has 0 N–H and O–H groups in total. The van der Waals surface area contributed by atoms with Crippen molar-refractivity contribution in [1.82, 2.24) is 0 Å². The first-order chi connectivity index (χ1) is 41.0. The summed E-state index contributed by atoms with van der Waals surface area (Å²) in [6.45, 7) is 6.69. The number of rotatable bonds is 70. The predicted molar refractivity (Wildman–Crippen MR) is 362 cm³/mol. The minimum absolute atomic E-state index is 0.0680. The van der Waals surface area contributed by atoms with Gasteiger partial charge in [-0.15, -0.1) is 0 Å². The lowest BCUT2D eigenvalue weighted by Crippen LogP contribution is -2.30. The highest BCUT2D eigenvalue weighted by atomic mass is 16.6. The summed E-state index contributed by atoms with van der Waals surface area (Å²) in [4.78, 5) is 38.4. The lowest BCUT2D eigenvalue weighted by atomic mass is 10.0. The number of unbranched alkanes of at least 4 members (excludes halogenated alkanes) is 53. The van der Waals surface area contributed by atoms with E-state index < -0.39 is 6.10 Å². The summed E-state index contributed by atoms with van der Waals surface area (Å²) in [6.07, 6.45) is 90.6. The molecule has 0 aromatic heterocycles. The Bertz CT molecular complexity index is 1380. The van der Waals surface area contributed by atoms with Crippen LogP contribution in [0.5, 0.6) is 0 Å². The minimum Gasteiger partial charge on any atom is -0.462 e. The van der Waals surface area contributed by atoms with Gasteiger partial charge in [0.05, 0.1) is 0 Å². The van der Waals surface area contributed by atoms with E-state index in [1.165, 1.54) is 308 Å². The zero-order valence-electron chi connectivity index (χ0n) is 56.2. The molecule has 0 spiro atoms. The van der Waals surface area contributed by atoms with Crippen molar-refractivity contribution in [3.05, 3.63) is 36.5 Å². The third-order valence-corrected chi connectivity index (χ3v) is 17.1. The van der Waals surface area contributed by atoms with Gasteiger partial charge in [-0.25, -0.2) is 0 Å². The Kier molecular flexibility index (Phi) is 70.0. The normalized spacial score (nSPS) is 12.2. The maximum Gasteiger partial charge on any atom is 0.306 e. The molecule has 0 aromatic carbocycles. The number of carbonyl (C=O) groups is 3. The summed E-state index contributed by atoms with van der Waals surface area (Å²) in [6, 6.07) is 0. The van der Waals surface area contributed by atoms with Gasteiger partial charge in [0.15, 0.2) is 6.10 Å². The average molecular weight is 1170 g/mol. The predicted octanol–water partition coefficient (Wildman–Crippen LogP) is 25.9. The van der Waals surface area contributed by atoms with Gasteiger partial charge in [0.25, 0.3) is 0 Å². The molecule has 488 valence electrons. The van der Waals surface area contributed by atoms with Crippen LogP contribution in [0.1, 0.15) is 419 Å². The van der Waals surface area contributed by atoms with E-state index in [9.17, 15) is 14.4 Å². The first kappa shape index (κ1) is 80.6. The van der Waals surface area contributed by atoms with Crippen LogP contribution in [0.2, 0.25) is 0 Å². The first-order valence-corrected chi connectivity index (χ1v) is 37.5. The molecule has 0 radical (unpaired) electrons. The largest absolute Gasteiger partial charge is 0.462 e. The molecule has 1 atom stereocenters. The second-order valence-corrected chi connectivity index (χ2v) is 25.6. The van der Waals surface area contributed by atoms with E-state index in [1.54, 1.807) is 0 Å². The summed E-state index contributed by atoms with van der Waals surface area (Å²) >= 11 is 0. The Morgan fingerprint density at radius 2 is 0.434 bits per heavy atom. The molecular weight excluding hydrogens is 1020 g/mol. The van der Waals surface area contributed by atoms with E-state index in [2.05, 4.69) is 57.2 Å². The minimum atomic E-state index is -0.772. The molecule has 0 aliphatic carbocycles. The van der Waals surface area contributed by atoms with E-state index in [-0.39, 0.29) is 31.1 Å². The van der Waals surface area contributed by atoms with Gasteiger partial charge < -0.3 is 14.2 Å². The van der Waals surface area contributed by atoms with Crippen molar-refractivity contribution in [3.63, 3.8) is 0 Å². The molecule has 0 aliphatic rings. The average Bonchev–Trinajstić information content (AvgIpc) is 3.49. The summed E-state index contributed by atoms with van der Waals surface area (Å²) in [5.41, 5.74) is 0. The van der Waals surface area contributed by atoms with Crippen LogP contribution in [0.3, 0.4) is 0 Å². The zero-order chi connectivity index (χ0) is 59.9. The molecule has 1 unspecified atom stereocenters. The van der Waals surface area contributed by atoms with Crippen LogP contribution in [-0.2, 0) is 28.6 Å². The zero-order valence-corrected chi connectivity index (χ0v) is 56.2. The Labute approximate surface area is 518 Å². The highest BCUT2D eigenvalue weighted by Crippen LogP contribution is 2.19. The van der Waals surface area contributed by atoms with Crippen molar-refractivity contribution in [2.75, 3.05) is 13.2 Å². The molecule has 0 bridgehead atoms. The molecule has 0 fully saturated rings. The lowest BCUT2D eigenvalue weighted by Gasteiger charge is -2.18. The van der Waals surface area contributed by atoms with Crippen molar-refractivity contribution >= 4 is 17.9 Å². The standard InChI is InChI=1S/C77H144O6/c1-4-7-10-13-16-19-22-25-27-29-31-32-33-34-35-36-37-38-39-40-41-42-43-44-46-47-49-52-55-58-61-64-67-70-76(79)82-73-74(72-81-75(78)69-66-63-60-57-54-51-24-21-18-15-12-9-6-3)83-77(80)71-68-65-62-59-56-53-50-48-45-30-28-26-23-20-17-14-11-8-5-2/h21-22,24-25,29,31,74H,4-20,23,26-28,30,32-73H2,1-3H3/b24-21-,25-22-,31-29-. The highest BCUT2D eigenvalue weighted by molar-refractivity contribution is 5.71. The van der Waals surface area contributed by atoms with Gasteiger partial charge in [0.1, 0.15) is 13.2 Å². The fourth-order valence-corrected chi connectivity index (χ4v) is 11.5. The first-order valence-electron chi connectivity index (χ1n) is 37.5. The summed E-state index contributed by atoms with van der Waals surface area (Å²) in [5.74, 6) is -0.845. The van der Waals surface area contributed by atoms with Crippen LogP contribution in [0.15, 0.2) is 36.5 Å². The third-order valence-electron chi connectivity index (χ3n) is 17.1. The van der Waals surface area contributed by atoms with Gasteiger partial charge in [-0.05, 0) is 77.0 Å². The lowest BCUT2D eigenvalue weighted by molar-refractivity contribution is -0.167. The van der Waals surface area contributed by atoms with Crippen LogP contribution in [0.4, 0.5) is 0 Å². The van der Waals surface area contributed by atoms with Gasteiger partial charge in [0, 0.05) is 19.3 Å². The Morgan fingerprint density at radius 3 is 0.687 bits per heavy atom. The number of hydrogen-bond donors (Lipinski definition) is 0. The van der Waals surface area contributed by atoms with Gasteiger partial charge in [0.2, 0.25) is 0 Å². The number of allylic oxidation sites excluding steroid dienone is 6. The van der Waals surface area contributed by atoms with Crippen molar-refractivity contribution in [2.24, 2.45) is 0 Å². The number of esters is 3. The van der Waals surface area contributed by atoms with Crippen molar-refractivity contribution < 1.29 is 28.6 Å². The molecule has 0 aliphatic heterocycles. The SMILES string of the molecule is CCCCCC/C=C\CCCCCCCC(=O)OCC(COC(=O)CCCCCCCCCCCCCCCCCCCCCCC/C=C\C/C=C\CCCCCCC)OC(=O)CCCCCCCCCCCCCCCCCCCCC. The monoisotopic (exact) mass is 1170 g/mol. The second kappa shape index (κ2) is 72.1. The summed E-state index contributed by atoms with van der Waals surface area (Å²) in [5, 5.41) is 0. The van der Waals surface area contributed by atoms with Gasteiger partial charge >= 0.3 is 17.9 Å². The third kappa shape index (κ3) is 70.3.